The standard InChI is InChI=1S/C7H6ClFO4S/c1-13-7-5(14(8,11)12)3-2-4(10)6(7)9/h2-3,10H,1H3. The molecule has 7 heteroatoms. The van der Waals surface area contributed by atoms with Crippen molar-refractivity contribution >= 4 is 19.7 Å². The van der Waals surface area contributed by atoms with Crippen LogP contribution < -0.4 is 4.74 Å². The molecular formula is C7H6ClFO4S. The second-order valence-corrected chi connectivity index (χ2v) is 4.90. The molecule has 0 aliphatic carbocycles. The van der Waals surface area contributed by atoms with Crippen molar-refractivity contribution in [3.05, 3.63) is 17.9 Å². The maximum Gasteiger partial charge on any atom is 0.265 e. The van der Waals surface area contributed by atoms with Crippen molar-refractivity contribution < 1.29 is 22.7 Å². The highest BCUT2D eigenvalue weighted by molar-refractivity contribution is 8.13. The average molecular weight is 241 g/mol. The Kier molecular flexibility index (Phi) is 2.86. The molecule has 0 atom stereocenters. The van der Waals surface area contributed by atoms with Crippen LogP contribution in [-0.2, 0) is 9.05 Å². The summed E-state index contributed by atoms with van der Waals surface area (Å²) in [6, 6.07) is 1.84. The van der Waals surface area contributed by atoms with Crippen molar-refractivity contribution in [3.8, 4) is 11.5 Å². The van der Waals surface area contributed by atoms with Crippen molar-refractivity contribution in [1.82, 2.24) is 0 Å². The normalized spacial score (nSPS) is 11.4. The van der Waals surface area contributed by atoms with E-state index in [0.717, 1.165) is 19.2 Å². The summed E-state index contributed by atoms with van der Waals surface area (Å²) < 4.78 is 39.4. The number of methoxy groups -OCH3 is 1. The van der Waals surface area contributed by atoms with Crippen LogP contribution in [0.3, 0.4) is 0 Å². The van der Waals surface area contributed by atoms with Crippen LogP contribution in [0.1, 0.15) is 0 Å². The molecule has 0 saturated heterocycles. The van der Waals surface area contributed by atoms with Crippen LogP contribution in [-0.4, -0.2) is 20.6 Å². The topological polar surface area (TPSA) is 63.6 Å². The zero-order valence-electron chi connectivity index (χ0n) is 6.99. The van der Waals surface area contributed by atoms with Crippen LogP contribution in [0.2, 0.25) is 0 Å². The van der Waals surface area contributed by atoms with E-state index >= 15 is 0 Å². The maximum atomic E-state index is 13.1. The van der Waals surface area contributed by atoms with Crippen LogP contribution in [0.5, 0.6) is 11.5 Å². The number of phenolic OH excluding ortho intramolecular Hbond substituents is 1. The largest absolute Gasteiger partial charge is 0.505 e. The second kappa shape index (κ2) is 3.62. The van der Waals surface area contributed by atoms with Gasteiger partial charge in [0.25, 0.3) is 9.05 Å². The van der Waals surface area contributed by atoms with Gasteiger partial charge in [-0.05, 0) is 12.1 Å². The van der Waals surface area contributed by atoms with E-state index in [1.54, 1.807) is 0 Å². The molecule has 0 bridgehead atoms. The van der Waals surface area contributed by atoms with E-state index < -0.39 is 31.3 Å². The zero-order chi connectivity index (χ0) is 10.9. The highest BCUT2D eigenvalue weighted by Crippen LogP contribution is 2.34. The van der Waals surface area contributed by atoms with Crippen LogP contribution in [0.25, 0.3) is 0 Å². The molecule has 0 saturated carbocycles. The first-order chi connectivity index (χ1) is 6.38. The molecule has 78 valence electrons. The molecule has 0 fully saturated rings. The summed E-state index contributed by atoms with van der Waals surface area (Å²) in [6.45, 7) is 0. The number of hydrogen-bond acceptors (Lipinski definition) is 4. The van der Waals surface area contributed by atoms with Crippen molar-refractivity contribution in [3.63, 3.8) is 0 Å². The molecule has 1 rings (SSSR count). The van der Waals surface area contributed by atoms with Crippen molar-refractivity contribution in [2.24, 2.45) is 0 Å². The number of hydrogen-bond donors (Lipinski definition) is 1. The molecule has 1 aromatic rings. The fourth-order valence-corrected chi connectivity index (χ4v) is 1.90. The highest BCUT2D eigenvalue weighted by atomic mass is 35.7. The Hall–Kier alpha value is -1.01. The van der Waals surface area contributed by atoms with Gasteiger partial charge in [0, 0.05) is 10.7 Å². The lowest BCUT2D eigenvalue weighted by molar-refractivity contribution is 0.354. The summed E-state index contributed by atoms with van der Waals surface area (Å²) in [4.78, 5) is -0.517. The number of aromatic hydroxyl groups is 1. The van der Waals surface area contributed by atoms with Gasteiger partial charge in [-0.25, -0.2) is 8.42 Å². The van der Waals surface area contributed by atoms with Gasteiger partial charge in [0.05, 0.1) is 7.11 Å². The predicted molar refractivity (Wildman–Crippen MR) is 47.7 cm³/mol. The molecule has 0 radical (unpaired) electrons. The summed E-state index contributed by atoms with van der Waals surface area (Å²) in [6.07, 6.45) is 0. The van der Waals surface area contributed by atoms with Gasteiger partial charge in [0.1, 0.15) is 4.90 Å². The number of phenols is 1. The molecule has 1 aromatic carbocycles. The summed E-state index contributed by atoms with van der Waals surface area (Å²) in [5.74, 6) is -2.46. The lowest BCUT2D eigenvalue weighted by Crippen LogP contribution is -1.98. The quantitative estimate of drug-likeness (QED) is 0.795. The summed E-state index contributed by atoms with van der Waals surface area (Å²) in [5.41, 5.74) is 0. The SMILES string of the molecule is COc1c(S(=O)(=O)Cl)ccc(O)c1F. The van der Waals surface area contributed by atoms with E-state index in [1.165, 1.54) is 0 Å². The zero-order valence-corrected chi connectivity index (χ0v) is 8.56. The molecule has 0 heterocycles. The first kappa shape index (κ1) is 11.1. The minimum atomic E-state index is -4.09. The van der Waals surface area contributed by atoms with Gasteiger partial charge in [-0.2, -0.15) is 4.39 Å². The van der Waals surface area contributed by atoms with E-state index in [-0.39, 0.29) is 0 Å². The minimum absolute atomic E-state index is 0.517. The molecule has 14 heavy (non-hydrogen) atoms. The summed E-state index contributed by atoms with van der Waals surface area (Å²) in [7, 11) is 1.99. The summed E-state index contributed by atoms with van der Waals surface area (Å²) in [5, 5.41) is 8.93. The number of halogens is 2. The predicted octanol–water partition coefficient (Wildman–Crippen LogP) is 1.47. The molecule has 0 aliphatic rings. The van der Waals surface area contributed by atoms with Crippen LogP contribution in [0, 0.1) is 5.82 Å². The van der Waals surface area contributed by atoms with Crippen LogP contribution >= 0.6 is 10.7 Å². The average Bonchev–Trinajstić information content (AvgIpc) is 2.07. The van der Waals surface area contributed by atoms with Crippen molar-refractivity contribution in [2.75, 3.05) is 7.11 Å². The van der Waals surface area contributed by atoms with Gasteiger partial charge in [-0.1, -0.05) is 0 Å². The molecule has 0 spiro atoms. The van der Waals surface area contributed by atoms with E-state index in [2.05, 4.69) is 4.74 Å². The molecule has 1 N–H and O–H groups in total. The Morgan fingerprint density at radius 3 is 2.50 bits per heavy atom. The lowest BCUT2D eigenvalue weighted by atomic mass is 10.3. The number of ether oxygens (including phenoxy) is 1. The maximum absolute atomic E-state index is 13.1. The van der Waals surface area contributed by atoms with Gasteiger partial charge in [0.2, 0.25) is 5.82 Å². The number of benzene rings is 1. The van der Waals surface area contributed by atoms with Crippen molar-refractivity contribution in [1.29, 1.82) is 0 Å². The Morgan fingerprint density at radius 2 is 2.07 bits per heavy atom. The molecule has 0 amide bonds. The lowest BCUT2D eigenvalue weighted by Gasteiger charge is -2.07. The van der Waals surface area contributed by atoms with Gasteiger partial charge in [0.15, 0.2) is 11.5 Å². The third-order valence-corrected chi connectivity index (χ3v) is 2.85. The molecule has 4 nitrogen and oxygen atoms in total. The minimum Gasteiger partial charge on any atom is -0.505 e. The monoisotopic (exact) mass is 240 g/mol. The van der Waals surface area contributed by atoms with Crippen molar-refractivity contribution in [2.45, 2.75) is 4.90 Å². The fraction of sp³-hybridized carbons (Fsp3) is 0.143. The Labute approximate surface area is 84.3 Å². The summed E-state index contributed by atoms with van der Waals surface area (Å²) >= 11 is 0. The molecule has 0 unspecified atom stereocenters. The number of rotatable bonds is 2. The van der Waals surface area contributed by atoms with Crippen LogP contribution in [0.4, 0.5) is 4.39 Å². The molecule has 0 aliphatic heterocycles. The van der Waals surface area contributed by atoms with Gasteiger partial charge >= 0.3 is 0 Å². The second-order valence-electron chi connectivity index (χ2n) is 2.37. The van der Waals surface area contributed by atoms with Crippen LogP contribution in [0.15, 0.2) is 17.0 Å². The smallest absolute Gasteiger partial charge is 0.265 e. The fourth-order valence-electron chi connectivity index (χ4n) is 0.910. The van der Waals surface area contributed by atoms with E-state index in [9.17, 15) is 12.8 Å². The van der Waals surface area contributed by atoms with E-state index in [0.29, 0.717) is 0 Å². The molecule has 0 aromatic heterocycles. The molecular weight excluding hydrogens is 235 g/mol. The van der Waals surface area contributed by atoms with E-state index in [4.69, 9.17) is 15.8 Å². The van der Waals surface area contributed by atoms with Gasteiger partial charge in [-0.3, -0.25) is 0 Å². The Balaban J connectivity index is 3.55. The Morgan fingerprint density at radius 1 is 1.50 bits per heavy atom. The van der Waals surface area contributed by atoms with Gasteiger partial charge < -0.3 is 9.84 Å². The van der Waals surface area contributed by atoms with Gasteiger partial charge in [-0.15, -0.1) is 0 Å². The Bertz CT molecular complexity index is 457. The third kappa shape index (κ3) is 1.91. The first-order valence-corrected chi connectivity index (χ1v) is 5.69. The highest BCUT2D eigenvalue weighted by Gasteiger charge is 2.22. The first-order valence-electron chi connectivity index (χ1n) is 3.38. The van der Waals surface area contributed by atoms with E-state index in [1.807, 2.05) is 0 Å². The third-order valence-electron chi connectivity index (χ3n) is 1.51.